The number of aliphatic hydroxyl groups is 4. The number of benzene rings is 2. The van der Waals surface area contributed by atoms with Gasteiger partial charge < -0.3 is 35.0 Å². The van der Waals surface area contributed by atoms with Gasteiger partial charge in [0.05, 0.1) is 11.2 Å². The molecule has 5 N–H and O–H groups in total. The molecule has 1 heterocycles. The fourth-order valence-corrected chi connectivity index (χ4v) is 5.21. The van der Waals surface area contributed by atoms with E-state index >= 15 is 0 Å². The number of phenolic OH excluding ortho intramolecular Hbond substituents is 1. The summed E-state index contributed by atoms with van der Waals surface area (Å²) < 4.78 is 11.4. The zero-order valence-electron chi connectivity index (χ0n) is 18.3. The molecular weight excluding hydrogens is 444 g/mol. The summed E-state index contributed by atoms with van der Waals surface area (Å²) in [4.78, 5) is 25.9. The molecule has 0 unspecified atom stereocenters. The Kier molecular flexibility index (Phi) is 5.70. The highest BCUT2D eigenvalue weighted by Gasteiger charge is 2.53. The van der Waals surface area contributed by atoms with Gasteiger partial charge in [-0.1, -0.05) is 43.5 Å². The van der Waals surface area contributed by atoms with Gasteiger partial charge in [0, 0.05) is 16.7 Å². The summed E-state index contributed by atoms with van der Waals surface area (Å²) in [6.45, 7) is 0. The van der Waals surface area contributed by atoms with Gasteiger partial charge in [-0.2, -0.15) is 0 Å². The van der Waals surface area contributed by atoms with E-state index in [4.69, 9.17) is 9.47 Å². The van der Waals surface area contributed by atoms with Gasteiger partial charge >= 0.3 is 0 Å². The van der Waals surface area contributed by atoms with Crippen LogP contribution in [0, 0.1) is 0 Å². The molecule has 34 heavy (non-hydrogen) atoms. The molecule has 0 bridgehead atoms. The van der Waals surface area contributed by atoms with Crippen molar-refractivity contribution in [3.63, 3.8) is 0 Å². The second-order valence-electron chi connectivity index (χ2n) is 9.22. The molecule has 2 aromatic carbocycles. The van der Waals surface area contributed by atoms with E-state index in [0.29, 0.717) is 12.8 Å². The smallest absolute Gasteiger partial charge is 0.229 e. The molecule has 1 aliphatic heterocycles. The molecule has 2 aliphatic carbocycles. The second-order valence-corrected chi connectivity index (χ2v) is 9.22. The van der Waals surface area contributed by atoms with Crippen molar-refractivity contribution in [2.75, 3.05) is 0 Å². The molecule has 0 aromatic heterocycles. The summed E-state index contributed by atoms with van der Waals surface area (Å²) in [6.07, 6.45) is -4.65. The largest absolute Gasteiger partial charge is 0.504 e. The van der Waals surface area contributed by atoms with Crippen LogP contribution in [0.25, 0.3) is 0 Å². The lowest BCUT2D eigenvalue weighted by atomic mass is 9.76. The van der Waals surface area contributed by atoms with E-state index in [2.05, 4.69) is 0 Å². The minimum atomic E-state index is -1.70. The van der Waals surface area contributed by atoms with Crippen molar-refractivity contribution >= 4 is 11.6 Å². The van der Waals surface area contributed by atoms with Crippen molar-refractivity contribution in [3.8, 4) is 11.5 Å². The number of hydrogen-bond acceptors (Lipinski definition) is 9. The molecule has 5 rings (SSSR count). The van der Waals surface area contributed by atoms with Crippen molar-refractivity contribution < 1.29 is 44.6 Å². The Morgan fingerprint density at radius 1 is 0.824 bits per heavy atom. The van der Waals surface area contributed by atoms with Crippen LogP contribution < -0.4 is 4.74 Å². The molecule has 1 saturated carbocycles. The van der Waals surface area contributed by atoms with Gasteiger partial charge in [-0.3, -0.25) is 9.59 Å². The van der Waals surface area contributed by atoms with Gasteiger partial charge in [-0.25, -0.2) is 0 Å². The van der Waals surface area contributed by atoms with Gasteiger partial charge in [0.25, 0.3) is 0 Å². The third-order valence-corrected chi connectivity index (χ3v) is 7.09. The molecule has 0 spiro atoms. The van der Waals surface area contributed by atoms with Gasteiger partial charge in [-0.15, -0.1) is 0 Å². The Bertz CT molecular complexity index is 1140. The van der Waals surface area contributed by atoms with Crippen LogP contribution in [-0.2, 0) is 4.74 Å². The topological polar surface area (TPSA) is 154 Å². The van der Waals surface area contributed by atoms with Gasteiger partial charge in [0.2, 0.25) is 6.29 Å². The number of fused-ring (bicyclic) bond motifs is 2. The van der Waals surface area contributed by atoms with Crippen molar-refractivity contribution in [1.29, 1.82) is 0 Å². The standard InChI is InChI=1S/C25H26O9/c26-17-12-6-2-3-7-13(12)18(27)16-14(17)8-9-15(19(16)28)33-24-22(31)20(29)21(30)23(34-24)25(32)10-4-1-5-11-25/h2-3,6-9,20-24,28-32H,1,4-5,10-11H2/t20-,21-,22+,23-,24-/m1/s1. The maximum Gasteiger partial charge on any atom is 0.229 e. The molecule has 9 nitrogen and oxygen atoms in total. The SMILES string of the molecule is O=C1c2ccccc2C(=O)c2c1ccc(O[C@@H]1O[C@@H](C3(O)CCCCC3)[C@H](O)[C@@H](O)[C@@H]1O)c2O. The van der Waals surface area contributed by atoms with E-state index in [-0.39, 0.29) is 28.0 Å². The molecule has 5 atom stereocenters. The Hall–Kier alpha value is -2.82. The number of aliphatic hydroxyl groups excluding tert-OH is 3. The zero-order chi connectivity index (χ0) is 24.2. The highest BCUT2D eigenvalue weighted by Crippen LogP contribution is 2.42. The maximum atomic E-state index is 13.0. The first-order chi connectivity index (χ1) is 16.2. The first-order valence-corrected chi connectivity index (χ1v) is 11.4. The van der Waals surface area contributed by atoms with E-state index in [1.807, 2.05) is 0 Å². The highest BCUT2D eigenvalue weighted by molar-refractivity contribution is 6.29. The first-order valence-electron chi connectivity index (χ1n) is 11.4. The van der Waals surface area contributed by atoms with Crippen molar-refractivity contribution in [2.45, 2.75) is 68.4 Å². The van der Waals surface area contributed by atoms with Crippen LogP contribution in [0.4, 0.5) is 0 Å². The van der Waals surface area contributed by atoms with E-state index in [9.17, 15) is 35.1 Å². The summed E-state index contributed by atoms with van der Waals surface area (Å²) in [5.74, 6) is -1.82. The Morgan fingerprint density at radius 3 is 2.15 bits per heavy atom. The third kappa shape index (κ3) is 3.52. The van der Waals surface area contributed by atoms with Crippen LogP contribution in [0.3, 0.4) is 0 Å². The van der Waals surface area contributed by atoms with E-state index in [0.717, 1.165) is 19.3 Å². The van der Waals surface area contributed by atoms with Gasteiger partial charge in [0.15, 0.2) is 23.1 Å². The van der Waals surface area contributed by atoms with Crippen LogP contribution in [-0.4, -0.2) is 73.4 Å². The molecule has 2 aromatic rings. The van der Waals surface area contributed by atoms with Crippen LogP contribution in [0.2, 0.25) is 0 Å². The minimum absolute atomic E-state index is 0.0171. The molecule has 0 amide bonds. The second kappa shape index (κ2) is 8.44. The van der Waals surface area contributed by atoms with Crippen molar-refractivity contribution in [3.05, 3.63) is 58.7 Å². The fourth-order valence-electron chi connectivity index (χ4n) is 5.21. The average molecular weight is 470 g/mol. The van der Waals surface area contributed by atoms with Gasteiger partial charge in [-0.05, 0) is 25.0 Å². The number of aromatic hydroxyl groups is 1. The molecule has 1 saturated heterocycles. The molecule has 2 fully saturated rings. The van der Waals surface area contributed by atoms with E-state index < -0.39 is 53.6 Å². The number of ether oxygens (including phenoxy) is 2. The van der Waals surface area contributed by atoms with Crippen LogP contribution in [0.1, 0.15) is 63.9 Å². The lowest BCUT2D eigenvalue weighted by molar-refractivity contribution is -0.308. The van der Waals surface area contributed by atoms with Crippen LogP contribution in [0.5, 0.6) is 11.5 Å². The van der Waals surface area contributed by atoms with Crippen LogP contribution in [0.15, 0.2) is 36.4 Å². The zero-order valence-corrected chi connectivity index (χ0v) is 18.3. The van der Waals surface area contributed by atoms with E-state index in [1.165, 1.54) is 24.3 Å². The van der Waals surface area contributed by atoms with Crippen LogP contribution >= 0.6 is 0 Å². The molecule has 180 valence electrons. The quantitative estimate of drug-likeness (QED) is 0.378. The first kappa shape index (κ1) is 22.9. The summed E-state index contributed by atoms with van der Waals surface area (Å²) in [6, 6.07) is 8.89. The summed E-state index contributed by atoms with van der Waals surface area (Å²) in [5.41, 5.74) is -1.23. The lowest BCUT2D eigenvalue weighted by Gasteiger charge is -2.48. The summed E-state index contributed by atoms with van der Waals surface area (Å²) in [7, 11) is 0. The van der Waals surface area contributed by atoms with E-state index in [1.54, 1.807) is 12.1 Å². The summed E-state index contributed by atoms with van der Waals surface area (Å²) in [5, 5.41) is 53.3. The lowest BCUT2D eigenvalue weighted by Crippen LogP contribution is -2.65. The fraction of sp³-hybridized carbons (Fsp3) is 0.440. The average Bonchev–Trinajstić information content (AvgIpc) is 2.84. The Morgan fingerprint density at radius 2 is 1.47 bits per heavy atom. The molecule has 0 radical (unpaired) electrons. The summed E-state index contributed by atoms with van der Waals surface area (Å²) >= 11 is 0. The monoisotopic (exact) mass is 470 g/mol. The van der Waals surface area contributed by atoms with Crippen molar-refractivity contribution in [2.24, 2.45) is 0 Å². The number of ketones is 2. The predicted molar refractivity (Wildman–Crippen MR) is 117 cm³/mol. The number of carbonyl (C=O) groups is 2. The number of hydrogen-bond donors (Lipinski definition) is 5. The van der Waals surface area contributed by atoms with Crippen molar-refractivity contribution in [1.82, 2.24) is 0 Å². The molecule has 3 aliphatic rings. The highest BCUT2D eigenvalue weighted by atomic mass is 16.7. The molecular formula is C25H26O9. The third-order valence-electron chi connectivity index (χ3n) is 7.09. The Balaban J connectivity index is 1.46. The number of phenols is 1. The number of carbonyl (C=O) groups excluding carboxylic acids is 2. The normalized spacial score (nSPS) is 30.4. The number of rotatable bonds is 3. The molecule has 9 heteroatoms. The predicted octanol–water partition coefficient (Wildman–Crippen LogP) is 1.05. The maximum absolute atomic E-state index is 13.0. The Labute approximate surface area is 195 Å². The van der Waals surface area contributed by atoms with Gasteiger partial charge in [0.1, 0.15) is 24.4 Å². The minimum Gasteiger partial charge on any atom is -0.504 e.